The zero-order chi connectivity index (χ0) is 20.1. The monoisotopic (exact) mass is 407 g/mol. The van der Waals surface area contributed by atoms with E-state index in [4.69, 9.17) is 0 Å². The topological polar surface area (TPSA) is 69.7 Å². The van der Waals surface area contributed by atoms with Crippen molar-refractivity contribution in [3.05, 3.63) is 35.4 Å². The van der Waals surface area contributed by atoms with E-state index < -0.39 is 10.2 Å². The quantitative estimate of drug-likeness (QED) is 0.788. The van der Waals surface area contributed by atoms with Gasteiger partial charge in [0.05, 0.1) is 5.92 Å². The lowest BCUT2D eigenvalue weighted by Gasteiger charge is -2.37. The second-order valence-electron chi connectivity index (χ2n) is 8.22. The van der Waals surface area contributed by atoms with Crippen molar-refractivity contribution in [2.45, 2.75) is 64.5 Å². The van der Waals surface area contributed by atoms with E-state index in [0.29, 0.717) is 13.1 Å². The zero-order valence-corrected chi connectivity index (χ0v) is 17.9. The maximum atomic E-state index is 13.1. The molecule has 0 bridgehead atoms. The van der Waals surface area contributed by atoms with Crippen molar-refractivity contribution in [1.82, 2.24) is 13.9 Å². The molecule has 1 saturated carbocycles. The molecule has 2 aliphatic rings. The Morgan fingerprint density at radius 3 is 2.46 bits per heavy atom. The fraction of sp³-hybridized carbons (Fsp3) is 0.667. The molecule has 156 valence electrons. The first-order valence-electron chi connectivity index (χ1n) is 10.4. The van der Waals surface area contributed by atoms with Crippen molar-refractivity contribution in [2.75, 3.05) is 20.1 Å². The third kappa shape index (κ3) is 5.13. The number of hydrogen-bond acceptors (Lipinski definition) is 3. The number of benzene rings is 1. The maximum Gasteiger partial charge on any atom is 0.281 e. The van der Waals surface area contributed by atoms with Crippen LogP contribution in [0.1, 0.15) is 56.1 Å². The number of carbonyl (C=O) groups excluding carboxylic acids is 1. The van der Waals surface area contributed by atoms with E-state index in [-0.39, 0.29) is 24.4 Å². The van der Waals surface area contributed by atoms with Crippen LogP contribution in [0.15, 0.2) is 24.3 Å². The smallest absolute Gasteiger partial charge is 0.281 e. The Hall–Kier alpha value is -1.44. The zero-order valence-electron chi connectivity index (χ0n) is 17.1. The van der Waals surface area contributed by atoms with Gasteiger partial charge in [0, 0.05) is 32.7 Å². The largest absolute Gasteiger partial charge is 0.352 e. The molecular weight excluding hydrogens is 374 g/mol. The van der Waals surface area contributed by atoms with E-state index in [9.17, 15) is 13.2 Å². The molecule has 6 nitrogen and oxygen atoms in total. The average Bonchev–Trinajstić information content (AvgIpc) is 2.73. The number of rotatable bonds is 6. The summed E-state index contributed by atoms with van der Waals surface area (Å²) in [5.41, 5.74) is 2.24. The number of hydrogen-bond donors (Lipinski definition) is 1. The van der Waals surface area contributed by atoms with E-state index in [1.165, 1.54) is 16.3 Å². The molecule has 0 radical (unpaired) electrons. The first-order chi connectivity index (χ1) is 13.4. The summed E-state index contributed by atoms with van der Waals surface area (Å²) in [6, 6.07) is 8.16. The van der Waals surface area contributed by atoms with Gasteiger partial charge in [-0.25, -0.2) is 0 Å². The van der Waals surface area contributed by atoms with Crippen molar-refractivity contribution in [1.29, 1.82) is 0 Å². The standard InChI is InChI=1S/C21H33N3O3S/c1-17-10-12-18(13-11-17)15-22-21(25)19-7-6-14-24(16-19)28(26,27)23(2)20-8-4-3-5-9-20/h10-13,19-20H,3-9,14-16H2,1-2H3,(H,22,25)/t19-/m1/s1. The van der Waals surface area contributed by atoms with Gasteiger partial charge in [0.2, 0.25) is 5.91 Å². The Morgan fingerprint density at radius 1 is 1.11 bits per heavy atom. The van der Waals surface area contributed by atoms with Gasteiger partial charge in [-0.15, -0.1) is 0 Å². The molecule has 3 rings (SSSR count). The van der Waals surface area contributed by atoms with Crippen LogP contribution in [-0.2, 0) is 21.5 Å². The van der Waals surface area contributed by atoms with E-state index in [1.54, 1.807) is 11.4 Å². The molecule has 28 heavy (non-hydrogen) atoms. The number of aryl methyl sites for hydroxylation is 1. The number of carbonyl (C=O) groups is 1. The molecule has 0 aromatic heterocycles. The summed E-state index contributed by atoms with van der Waals surface area (Å²) < 4.78 is 29.2. The highest BCUT2D eigenvalue weighted by atomic mass is 32.2. The molecule has 7 heteroatoms. The van der Waals surface area contributed by atoms with Gasteiger partial charge in [0.15, 0.2) is 0 Å². The van der Waals surface area contributed by atoms with Gasteiger partial charge in [-0.1, -0.05) is 49.1 Å². The molecule has 1 atom stereocenters. The third-order valence-electron chi connectivity index (χ3n) is 6.12. The van der Waals surface area contributed by atoms with Crippen LogP contribution in [0, 0.1) is 12.8 Å². The predicted octanol–water partition coefficient (Wildman–Crippen LogP) is 2.83. The van der Waals surface area contributed by atoms with Crippen molar-refractivity contribution in [3.8, 4) is 0 Å². The average molecular weight is 408 g/mol. The molecule has 1 aromatic carbocycles. The normalized spacial score (nSPS) is 22.3. The highest BCUT2D eigenvalue weighted by Crippen LogP contribution is 2.27. The first kappa shape index (κ1) is 21.3. The number of nitrogens with one attached hydrogen (secondary N) is 1. The summed E-state index contributed by atoms with van der Waals surface area (Å²) in [5, 5.41) is 2.98. The number of amides is 1. The molecule has 1 saturated heterocycles. The summed E-state index contributed by atoms with van der Waals surface area (Å²) >= 11 is 0. The molecule has 1 aliphatic heterocycles. The van der Waals surface area contributed by atoms with Crippen LogP contribution in [0.4, 0.5) is 0 Å². The summed E-state index contributed by atoms with van der Waals surface area (Å²) in [5.74, 6) is -0.338. The lowest BCUT2D eigenvalue weighted by molar-refractivity contribution is -0.126. The lowest BCUT2D eigenvalue weighted by atomic mass is 9.96. The molecule has 1 aliphatic carbocycles. The maximum absolute atomic E-state index is 13.1. The van der Waals surface area contributed by atoms with Crippen LogP contribution in [0.25, 0.3) is 0 Å². The fourth-order valence-electron chi connectivity index (χ4n) is 4.22. The molecule has 0 spiro atoms. The number of piperidine rings is 1. The van der Waals surface area contributed by atoms with Gasteiger partial charge < -0.3 is 5.32 Å². The fourth-order valence-corrected chi connectivity index (χ4v) is 5.90. The number of nitrogens with zero attached hydrogens (tertiary/aromatic N) is 2. The molecule has 0 unspecified atom stereocenters. The van der Waals surface area contributed by atoms with E-state index in [1.807, 2.05) is 31.2 Å². The van der Waals surface area contributed by atoms with Crippen LogP contribution >= 0.6 is 0 Å². The summed E-state index contributed by atoms with van der Waals surface area (Å²) in [4.78, 5) is 12.6. The summed E-state index contributed by atoms with van der Waals surface area (Å²) in [7, 11) is -1.81. The van der Waals surface area contributed by atoms with Gasteiger partial charge in [0.25, 0.3) is 10.2 Å². The lowest BCUT2D eigenvalue weighted by Crippen LogP contribution is -2.52. The van der Waals surface area contributed by atoms with Gasteiger partial charge >= 0.3 is 0 Å². The minimum absolute atomic E-state index is 0.0548. The molecular formula is C21H33N3O3S. The Kier molecular flexibility index (Phi) is 7.12. The van der Waals surface area contributed by atoms with Crippen molar-refractivity contribution in [2.24, 2.45) is 5.92 Å². The summed E-state index contributed by atoms with van der Waals surface area (Å²) in [6.07, 6.45) is 6.70. The van der Waals surface area contributed by atoms with Crippen LogP contribution < -0.4 is 5.32 Å². The molecule has 1 heterocycles. The van der Waals surface area contributed by atoms with Crippen molar-refractivity contribution in [3.63, 3.8) is 0 Å². The Balaban J connectivity index is 1.57. The molecule has 1 N–H and O–H groups in total. The van der Waals surface area contributed by atoms with Gasteiger partial charge in [-0.3, -0.25) is 4.79 Å². The van der Waals surface area contributed by atoms with Crippen LogP contribution in [-0.4, -0.2) is 49.1 Å². The highest BCUT2D eigenvalue weighted by Gasteiger charge is 2.37. The van der Waals surface area contributed by atoms with Gasteiger partial charge in [0.1, 0.15) is 0 Å². The molecule has 2 fully saturated rings. The minimum Gasteiger partial charge on any atom is -0.352 e. The highest BCUT2D eigenvalue weighted by molar-refractivity contribution is 7.86. The Bertz CT molecular complexity index is 758. The third-order valence-corrected chi connectivity index (χ3v) is 8.13. The second kappa shape index (κ2) is 9.37. The van der Waals surface area contributed by atoms with Crippen LogP contribution in [0.3, 0.4) is 0 Å². The van der Waals surface area contributed by atoms with E-state index in [0.717, 1.165) is 44.1 Å². The van der Waals surface area contributed by atoms with E-state index in [2.05, 4.69) is 5.32 Å². The Labute approximate surface area is 169 Å². The Morgan fingerprint density at radius 2 is 1.79 bits per heavy atom. The second-order valence-corrected chi connectivity index (χ2v) is 10.2. The molecule has 1 amide bonds. The predicted molar refractivity (Wildman–Crippen MR) is 111 cm³/mol. The molecule has 1 aromatic rings. The first-order valence-corrected chi connectivity index (χ1v) is 11.8. The van der Waals surface area contributed by atoms with Crippen LogP contribution in [0.5, 0.6) is 0 Å². The van der Waals surface area contributed by atoms with E-state index >= 15 is 0 Å². The van der Waals surface area contributed by atoms with Crippen molar-refractivity contribution < 1.29 is 13.2 Å². The summed E-state index contributed by atoms with van der Waals surface area (Å²) in [6.45, 7) is 3.29. The van der Waals surface area contributed by atoms with Crippen molar-refractivity contribution >= 4 is 16.1 Å². The van der Waals surface area contributed by atoms with Gasteiger partial charge in [-0.05, 0) is 38.2 Å². The minimum atomic E-state index is -3.51. The van der Waals surface area contributed by atoms with Gasteiger partial charge in [-0.2, -0.15) is 17.0 Å². The van der Waals surface area contributed by atoms with Crippen LogP contribution in [0.2, 0.25) is 0 Å². The SMILES string of the molecule is Cc1ccc(CNC(=O)[C@@H]2CCCN(S(=O)(=O)N(C)C3CCCCC3)C2)cc1.